The van der Waals surface area contributed by atoms with Crippen LogP contribution in [0.4, 0.5) is 0 Å². The minimum absolute atomic E-state index is 0.376. The number of likely N-dealkylation sites (tertiary alicyclic amines) is 1. The molecule has 1 rings (SSSR count). The third-order valence-electron chi connectivity index (χ3n) is 2.61. The Kier molecular flexibility index (Phi) is 5.24. The number of nitrogens with zero attached hydrogens (tertiary/aromatic N) is 3. The van der Waals surface area contributed by atoms with Crippen LogP contribution >= 0.6 is 11.6 Å². The quantitative estimate of drug-likeness (QED) is 0.645. The molecular formula is C10H18ClN3. The van der Waals surface area contributed by atoms with Gasteiger partial charge in [-0.1, -0.05) is 0 Å². The summed E-state index contributed by atoms with van der Waals surface area (Å²) in [6.07, 6.45) is 2.67. The number of halogens is 1. The number of rotatable bonds is 5. The van der Waals surface area contributed by atoms with Crippen molar-refractivity contribution >= 4 is 11.6 Å². The SMILES string of the molecule is CN(CCN1CCCC1)CC(Cl)C#N. The molecule has 1 aliphatic rings. The average Bonchev–Trinajstić information content (AvgIpc) is 2.67. The van der Waals surface area contributed by atoms with Crippen molar-refractivity contribution in [2.75, 3.05) is 39.8 Å². The van der Waals surface area contributed by atoms with Crippen molar-refractivity contribution in [1.29, 1.82) is 5.26 Å². The third kappa shape index (κ3) is 4.28. The molecule has 0 spiro atoms. The summed E-state index contributed by atoms with van der Waals surface area (Å²) in [5, 5.41) is 8.17. The number of alkyl halides is 1. The highest BCUT2D eigenvalue weighted by atomic mass is 35.5. The van der Waals surface area contributed by atoms with Crippen LogP contribution in [0.1, 0.15) is 12.8 Å². The number of nitriles is 1. The van der Waals surface area contributed by atoms with Crippen LogP contribution in [0.2, 0.25) is 0 Å². The highest BCUT2D eigenvalue weighted by Crippen LogP contribution is 2.06. The van der Waals surface area contributed by atoms with E-state index in [1.165, 1.54) is 25.9 Å². The van der Waals surface area contributed by atoms with Gasteiger partial charge in [0, 0.05) is 19.6 Å². The van der Waals surface area contributed by atoms with E-state index in [0.29, 0.717) is 6.54 Å². The van der Waals surface area contributed by atoms with Crippen molar-refractivity contribution in [3.8, 4) is 6.07 Å². The van der Waals surface area contributed by atoms with Crippen LogP contribution in [0, 0.1) is 11.3 Å². The Labute approximate surface area is 91.2 Å². The monoisotopic (exact) mass is 215 g/mol. The Bertz CT molecular complexity index is 196. The summed E-state index contributed by atoms with van der Waals surface area (Å²) in [5.41, 5.74) is 0. The van der Waals surface area contributed by atoms with Crippen molar-refractivity contribution in [2.45, 2.75) is 18.2 Å². The fourth-order valence-electron chi connectivity index (χ4n) is 1.72. The number of hydrogen-bond acceptors (Lipinski definition) is 3. The van der Waals surface area contributed by atoms with E-state index < -0.39 is 0 Å². The Morgan fingerprint density at radius 2 is 2.14 bits per heavy atom. The maximum Gasteiger partial charge on any atom is 0.133 e. The molecule has 1 aliphatic heterocycles. The van der Waals surface area contributed by atoms with E-state index in [9.17, 15) is 0 Å². The Morgan fingerprint density at radius 1 is 1.50 bits per heavy atom. The largest absolute Gasteiger partial charge is 0.303 e. The number of likely N-dealkylation sites (N-methyl/N-ethyl adjacent to an activating group) is 1. The average molecular weight is 216 g/mol. The van der Waals surface area contributed by atoms with E-state index in [4.69, 9.17) is 16.9 Å². The molecule has 0 saturated carbocycles. The zero-order valence-corrected chi connectivity index (χ0v) is 9.50. The first-order valence-corrected chi connectivity index (χ1v) is 5.60. The molecule has 80 valence electrons. The second-order valence-electron chi connectivity index (χ2n) is 3.91. The molecule has 4 heteroatoms. The Balaban J connectivity index is 2.08. The topological polar surface area (TPSA) is 30.3 Å². The van der Waals surface area contributed by atoms with Crippen molar-refractivity contribution in [1.82, 2.24) is 9.80 Å². The predicted molar refractivity (Wildman–Crippen MR) is 58.4 cm³/mol. The van der Waals surface area contributed by atoms with Crippen LogP contribution in [0.3, 0.4) is 0 Å². The summed E-state index contributed by atoms with van der Waals surface area (Å²) in [6, 6.07) is 2.03. The third-order valence-corrected chi connectivity index (χ3v) is 2.84. The zero-order chi connectivity index (χ0) is 10.4. The molecular weight excluding hydrogens is 198 g/mol. The van der Waals surface area contributed by atoms with Gasteiger partial charge in [0.15, 0.2) is 0 Å². The summed E-state index contributed by atoms with van der Waals surface area (Å²) < 4.78 is 0. The van der Waals surface area contributed by atoms with Crippen LogP contribution in [-0.2, 0) is 0 Å². The standard InChI is InChI=1S/C10H18ClN3/c1-13(9-10(11)8-12)6-7-14-4-2-3-5-14/h10H,2-7,9H2,1H3. The summed E-state index contributed by atoms with van der Waals surface area (Å²) in [4.78, 5) is 4.59. The van der Waals surface area contributed by atoms with Gasteiger partial charge in [0.05, 0.1) is 6.07 Å². The van der Waals surface area contributed by atoms with Gasteiger partial charge < -0.3 is 9.80 Å². The highest BCUT2D eigenvalue weighted by Gasteiger charge is 2.12. The zero-order valence-electron chi connectivity index (χ0n) is 8.75. The van der Waals surface area contributed by atoms with E-state index in [1.807, 2.05) is 13.1 Å². The van der Waals surface area contributed by atoms with E-state index in [2.05, 4.69) is 9.80 Å². The molecule has 1 unspecified atom stereocenters. The van der Waals surface area contributed by atoms with Gasteiger partial charge in [-0.15, -0.1) is 11.6 Å². The van der Waals surface area contributed by atoms with Gasteiger partial charge in [-0.2, -0.15) is 5.26 Å². The molecule has 0 aromatic carbocycles. The molecule has 0 radical (unpaired) electrons. The lowest BCUT2D eigenvalue weighted by atomic mass is 10.4. The van der Waals surface area contributed by atoms with Crippen LogP contribution < -0.4 is 0 Å². The lowest BCUT2D eigenvalue weighted by Crippen LogP contribution is -2.34. The normalized spacial score (nSPS) is 19.9. The maximum absolute atomic E-state index is 8.54. The van der Waals surface area contributed by atoms with E-state index >= 15 is 0 Å². The van der Waals surface area contributed by atoms with Crippen LogP contribution in [0.15, 0.2) is 0 Å². The van der Waals surface area contributed by atoms with Crippen molar-refractivity contribution < 1.29 is 0 Å². The molecule has 1 saturated heterocycles. The van der Waals surface area contributed by atoms with E-state index in [0.717, 1.165) is 13.1 Å². The van der Waals surface area contributed by atoms with Gasteiger partial charge in [0.1, 0.15) is 5.38 Å². The van der Waals surface area contributed by atoms with Gasteiger partial charge in [-0.05, 0) is 33.0 Å². The molecule has 1 atom stereocenters. The molecule has 0 amide bonds. The first-order valence-electron chi connectivity index (χ1n) is 5.17. The minimum atomic E-state index is -0.376. The predicted octanol–water partition coefficient (Wildman–Crippen LogP) is 1.14. The van der Waals surface area contributed by atoms with Crippen LogP contribution in [-0.4, -0.2) is 54.9 Å². The Morgan fingerprint density at radius 3 is 2.71 bits per heavy atom. The Hall–Kier alpha value is -0.300. The first kappa shape index (κ1) is 11.8. The van der Waals surface area contributed by atoms with Crippen molar-refractivity contribution in [2.24, 2.45) is 0 Å². The van der Waals surface area contributed by atoms with E-state index in [1.54, 1.807) is 0 Å². The fraction of sp³-hybridized carbons (Fsp3) is 0.900. The van der Waals surface area contributed by atoms with Gasteiger partial charge in [-0.3, -0.25) is 0 Å². The second-order valence-corrected chi connectivity index (χ2v) is 4.43. The first-order chi connectivity index (χ1) is 6.72. The smallest absolute Gasteiger partial charge is 0.133 e. The summed E-state index contributed by atoms with van der Waals surface area (Å²) in [6.45, 7) is 5.23. The van der Waals surface area contributed by atoms with Crippen LogP contribution in [0.25, 0.3) is 0 Å². The second kappa shape index (κ2) is 6.23. The summed E-state index contributed by atoms with van der Waals surface area (Å²) >= 11 is 5.74. The minimum Gasteiger partial charge on any atom is -0.303 e. The summed E-state index contributed by atoms with van der Waals surface area (Å²) in [5.74, 6) is 0. The van der Waals surface area contributed by atoms with Crippen molar-refractivity contribution in [3.63, 3.8) is 0 Å². The molecule has 1 heterocycles. The maximum atomic E-state index is 8.54. The van der Waals surface area contributed by atoms with Crippen molar-refractivity contribution in [3.05, 3.63) is 0 Å². The van der Waals surface area contributed by atoms with Crippen LogP contribution in [0.5, 0.6) is 0 Å². The lowest BCUT2D eigenvalue weighted by Gasteiger charge is -2.21. The molecule has 0 N–H and O–H groups in total. The fourth-order valence-corrected chi connectivity index (χ4v) is 1.96. The summed E-state index contributed by atoms with van der Waals surface area (Å²) in [7, 11) is 2.02. The lowest BCUT2D eigenvalue weighted by molar-refractivity contribution is 0.261. The van der Waals surface area contributed by atoms with Gasteiger partial charge in [0.25, 0.3) is 0 Å². The molecule has 0 aromatic heterocycles. The molecule has 14 heavy (non-hydrogen) atoms. The number of hydrogen-bond donors (Lipinski definition) is 0. The van der Waals surface area contributed by atoms with E-state index in [-0.39, 0.29) is 5.38 Å². The van der Waals surface area contributed by atoms with Gasteiger partial charge in [-0.25, -0.2) is 0 Å². The molecule has 3 nitrogen and oxygen atoms in total. The van der Waals surface area contributed by atoms with Gasteiger partial charge >= 0.3 is 0 Å². The molecule has 0 bridgehead atoms. The highest BCUT2D eigenvalue weighted by molar-refractivity contribution is 6.22. The van der Waals surface area contributed by atoms with Gasteiger partial charge in [0.2, 0.25) is 0 Å². The molecule has 1 fully saturated rings. The molecule has 0 aromatic rings. The molecule has 0 aliphatic carbocycles.